The lowest BCUT2D eigenvalue weighted by atomic mass is 10.1. The second kappa shape index (κ2) is 7.67. The van der Waals surface area contributed by atoms with Gasteiger partial charge in [0, 0.05) is 29.4 Å². The first-order valence-corrected chi connectivity index (χ1v) is 10.0. The summed E-state index contributed by atoms with van der Waals surface area (Å²) in [6, 6.07) is 5.58. The Hall–Kier alpha value is -2.80. The molecule has 0 radical (unpaired) electrons. The van der Waals surface area contributed by atoms with E-state index in [0.717, 1.165) is 4.34 Å². The summed E-state index contributed by atoms with van der Waals surface area (Å²) in [7, 11) is 3.09. The molecule has 0 spiro atoms. The molecular weight excluding hydrogens is 418 g/mol. The molecule has 0 atom stereocenters. The Bertz CT molecular complexity index is 1200. The summed E-state index contributed by atoms with van der Waals surface area (Å²) < 4.78 is 11.5. The lowest BCUT2D eigenvalue weighted by Crippen LogP contribution is -1.96. The number of halogens is 1. The minimum atomic E-state index is 0.424. The lowest BCUT2D eigenvalue weighted by Gasteiger charge is -2.12. The van der Waals surface area contributed by atoms with Crippen LogP contribution in [0.4, 0.5) is 0 Å². The minimum Gasteiger partial charge on any atom is -0.493 e. The molecule has 1 N–H and O–H groups in total. The number of aromatic nitrogens is 4. The highest BCUT2D eigenvalue weighted by Gasteiger charge is 2.20. The maximum Gasteiger partial charge on any atom is 0.197 e. The van der Waals surface area contributed by atoms with Gasteiger partial charge in [-0.2, -0.15) is 5.26 Å². The zero-order valence-electron chi connectivity index (χ0n) is 14.7. The van der Waals surface area contributed by atoms with Gasteiger partial charge in [0.25, 0.3) is 0 Å². The number of nitrogens with one attached hydrogen (secondary N) is 1. The van der Waals surface area contributed by atoms with Crippen molar-refractivity contribution in [3.63, 3.8) is 0 Å². The van der Waals surface area contributed by atoms with Crippen molar-refractivity contribution in [2.45, 2.75) is 9.50 Å². The van der Waals surface area contributed by atoms with Crippen molar-refractivity contribution in [2.75, 3.05) is 14.2 Å². The Labute approximate surface area is 173 Å². The Morgan fingerprint density at radius 3 is 2.68 bits per heavy atom. The van der Waals surface area contributed by atoms with Crippen molar-refractivity contribution >= 4 is 45.7 Å². The topological polar surface area (TPSA) is 96.7 Å². The van der Waals surface area contributed by atoms with Gasteiger partial charge in [-0.3, -0.25) is 0 Å². The van der Waals surface area contributed by atoms with E-state index in [-0.39, 0.29) is 0 Å². The molecule has 4 rings (SSSR count). The van der Waals surface area contributed by atoms with Crippen LogP contribution >= 0.6 is 34.7 Å². The Balaban J connectivity index is 1.96. The average Bonchev–Trinajstić information content (AvgIpc) is 3.36. The van der Waals surface area contributed by atoms with E-state index < -0.39 is 0 Å². The Kier molecular flexibility index (Phi) is 5.09. The first-order chi connectivity index (χ1) is 13.6. The summed E-state index contributed by atoms with van der Waals surface area (Å²) in [5.41, 5.74) is 2.13. The SMILES string of the molecule is COc1cc(Cl)c(-c2nc(Sc3nccs3)nc3[nH]cc(C#N)c23)cc1OC. The van der Waals surface area contributed by atoms with Crippen molar-refractivity contribution in [1.82, 2.24) is 19.9 Å². The molecule has 1 aromatic carbocycles. The number of nitriles is 1. The molecule has 0 unspecified atom stereocenters. The zero-order chi connectivity index (χ0) is 19.7. The van der Waals surface area contributed by atoms with Gasteiger partial charge >= 0.3 is 0 Å². The Morgan fingerprint density at radius 2 is 2.00 bits per heavy atom. The summed E-state index contributed by atoms with van der Waals surface area (Å²) in [6.45, 7) is 0. The number of benzene rings is 1. The number of fused-ring (bicyclic) bond motifs is 1. The molecule has 0 fully saturated rings. The maximum absolute atomic E-state index is 9.51. The van der Waals surface area contributed by atoms with E-state index in [1.54, 1.807) is 38.7 Å². The van der Waals surface area contributed by atoms with Gasteiger partial charge in [-0.25, -0.2) is 15.0 Å². The summed E-state index contributed by atoms with van der Waals surface area (Å²) in [4.78, 5) is 16.5. The molecule has 140 valence electrons. The predicted octanol–water partition coefficient (Wildman–Crippen LogP) is 4.77. The van der Waals surface area contributed by atoms with Crippen LogP contribution in [0.15, 0.2) is 39.4 Å². The molecule has 3 heterocycles. The van der Waals surface area contributed by atoms with Crippen LogP contribution in [0.25, 0.3) is 22.3 Å². The van der Waals surface area contributed by atoms with Crippen molar-refractivity contribution in [3.05, 3.63) is 40.5 Å². The van der Waals surface area contributed by atoms with Crippen molar-refractivity contribution in [3.8, 4) is 28.8 Å². The second-order valence-electron chi connectivity index (χ2n) is 5.48. The molecule has 0 bridgehead atoms. The molecule has 0 amide bonds. The number of aromatic amines is 1. The van der Waals surface area contributed by atoms with Crippen molar-refractivity contribution < 1.29 is 9.47 Å². The predicted molar refractivity (Wildman–Crippen MR) is 108 cm³/mol. The highest BCUT2D eigenvalue weighted by molar-refractivity contribution is 8.00. The van der Waals surface area contributed by atoms with Crippen LogP contribution in [0, 0.1) is 11.3 Å². The monoisotopic (exact) mass is 429 g/mol. The first-order valence-electron chi connectivity index (χ1n) is 7.93. The molecule has 10 heteroatoms. The smallest absolute Gasteiger partial charge is 0.197 e. The van der Waals surface area contributed by atoms with Gasteiger partial charge in [-0.1, -0.05) is 11.6 Å². The van der Waals surface area contributed by atoms with Gasteiger partial charge in [-0.15, -0.1) is 11.3 Å². The molecular formula is C18H12ClN5O2S2. The first kappa shape index (κ1) is 18.6. The van der Waals surface area contributed by atoms with Crippen molar-refractivity contribution in [2.24, 2.45) is 0 Å². The molecule has 3 aromatic heterocycles. The number of H-pyrrole nitrogens is 1. The van der Waals surface area contributed by atoms with Crippen LogP contribution in [-0.2, 0) is 0 Å². The third-order valence-electron chi connectivity index (χ3n) is 3.95. The molecule has 0 saturated heterocycles. The van der Waals surface area contributed by atoms with E-state index in [9.17, 15) is 5.26 Å². The van der Waals surface area contributed by atoms with Gasteiger partial charge in [0.1, 0.15) is 11.7 Å². The van der Waals surface area contributed by atoms with Gasteiger partial charge in [0.05, 0.1) is 35.9 Å². The summed E-state index contributed by atoms with van der Waals surface area (Å²) in [5, 5.41) is 12.9. The largest absolute Gasteiger partial charge is 0.493 e. The fourth-order valence-corrected chi connectivity index (χ4v) is 4.45. The molecule has 0 aliphatic heterocycles. The standard InChI is InChI=1S/C18H12ClN5O2S2/c1-25-12-5-10(11(19)6-13(12)26-2)15-14-9(7-20)8-22-16(14)24-17(23-15)28-18-21-3-4-27-18/h3-6,8H,1-2H3,(H,22,23,24). The van der Waals surface area contributed by atoms with Gasteiger partial charge in [0.15, 0.2) is 21.0 Å². The quantitative estimate of drug-likeness (QED) is 0.456. The fourth-order valence-electron chi connectivity index (χ4n) is 2.72. The van der Waals surface area contributed by atoms with Crippen LogP contribution in [-0.4, -0.2) is 34.2 Å². The highest BCUT2D eigenvalue weighted by Crippen LogP contribution is 2.41. The number of rotatable bonds is 5. The van der Waals surface area contributed by atoms with Crippen LogP contribution in [0.2, 0.25) is 5.02 Å². The average molecular weight is 430 g/mol. The molecule has 4 aromatic rings. The van der Waals surface area contributed by atoms with Crippen molar-refractivity contribution in [1.29, 1.82) is 5.26 Å². The minimum absolute atomic E-state index is 0.424. The fraction of sp³-hybridized carbons (Fsp3) is 0.111. The lowest BCUT2D eigenvalue weighted by molar-refractivity contribution is 0.355. The third kappa shape index (κ3) is 3.26. The number of methoxy groups -OCH3 is 2. The number of hydrogen-bond donors (Lipinski definition) is 1. The van der Waals surface area contributed by atoms with Crippen LogP contribution < -0.4 is 9.47 Å². The normalized spacial score (nSPS) is 10.8. The van der Waals surface area contributed by atoms with E-state index in [0.29, 0.717) is 49.5 Å². The van der Waals surface area contributed by atoms with E-state index >= 15 is 0 Å². The molecule has 0 aliphatic rings. The molecule has 0 aliphatic carbocycles. The zero-order valence-corrected chi connectivity index (χ0v) is 17.1. The Morgan fingerprint density at radius 1 is 1.21 bits per heavy atom. The number of thiazole rings is 1. The second-order valence-corrected chi connectivity index (χ2v) is 8.00. The molecule has 28 heavy (non-hydrogen) atoms. The van der Waals surface area contributed by atoms with E-state index in [1.807, 2.05) is 5.38 Å². The van der Waals surface area contributed by atoms with Gasteiger partial charge in [-0.05, 0) is 17.8 Å². The maximum atomic E-state index is 9.51. The summed E-state index contributed by atoms with van der Waals surface area (Å²) in [5.74, 6) is 1.02. The summed E-state index contributed by atoms with van der Waals surface area (Å²) in [6.07, 6.45) is 3.33. The van der Waals surface area contributed by atoms with E-state index in [1.165, 1.54) is 23.1 Å². The van der Waals surface area contributed by atoms with E-state index in [4.69, 9.17) is 21.1 Å². The van der Waals surface area contributed by atoms with Crippen LogP contribution in [0.1, 0.15) is 5.56 Å². The van der Waals surface area contributed by atoms with Gasteiger partial charge in [0.2, 0.25) is 0 Å². The summed E-state index contributed by atoms with van der Waals surface area (Å²) >= 11 is 9.36. The number of nitrogens with zero attached hydrogens (tertiary/aromatic N) is 4. The number of hydrogen-bond acceptors (Lipinski definition) is 8. The highest BCUT2D eigenvalue weighted by atomic mass is 35.5. The molecule has 7 nitrogen and oxygen atoms in total. The molecule has 0 saturated carbocycles. The van der Waals surface area contributed by atoms with E-state index in [2.05, 4.69) is 26.0 Å². The van der Waals surface area contributed by atoms with Crippen LogP contribution in [0.3, 0.4) is 0 Å². The third-order valence-corrected chi connectivity index (χ3v) is 6.01. The van der Waals surface area contributed by atoms with Crippen LogP contribution in [0.5, 0.6) is 11.5 Å². The van der Waals surface area contributed by atoms with Gasteiger partial charge < -0.3 is 14.5 Å². The number of ether oxygens (including phenoxy) is 2.